The van der Waals surface area contributed by atoms with Crippen LogP contribution in [0.25, 0.3) is 0 Å². The molecule has 0 aliphatic carbocycles. The standard InChI is InChI=1S/C19H23ClN2O3S/c1-14-5-4-6-16(11-14)13-22(26(3,24)25)10-9-19(23)21-17-8-7-15(2)18(20)12-17/h4-8,11-12H,9-10,13H2,1-3H3,(H,21,23). The molecule has 2 rings (SSSR count). The highest BCUT2D eigenvalue weighted by atomic mass is 35.5. The largest absolute Gasteiger partial charge is 0.326 e. The fraction of sp³-hybridized carbons (Fsp3) is 0.316. The Kier molecular flexibility index (Phi) is 6.81. The van der Waals surface area contributed by atoms with Crippen LogP contribution in [0.4, 0.5) is 5.69 Å². The monoisotopic (exact) mass is 394 g/mol. The molecule has 5 nitrogen and oxygen atoms in total. The third-order valence-corrected chi connectivity index (χ3v) is 5.61. The van der Waals surface area contributed by atoms with Crippen molar-refractivity contribution in [2.24, 2.45) is 0 Å². The molecule has 0 radical (unpaired) electrons. The van der Waals surface area contributed by atoms with Gasteiger partial charge in [0.15, 0.2) is 0 Å². The number of hydrogen-bond donors (Lipinski definition) is 1. The number of nitrogens with one attached hydrogen (secondary N) is 1. The number of nitrogens with zero attached hydrogens (tertiary/aromatic N) is 1. The van der Waals surface area contributed by atoms with Crippen LogP contribution >= 0.6 is 11.6 Å². The van der Waals surface area contributed by atoms with Gasteiger partial charge in [-0.2, -0.15) is 4.31 Å². The molecule has 2 aromatic rings. The fourth-order valence-corrected chi connectivity index (χ4v) is 3.48. The highest BCUT2D eigenvalue weighted by Crippen LogP contribution is 2.20. The molecule has 140 valence electrons. The summed E-state index contributed by atoms with van der Waals surface area (Å²) in [5.41, 5.74) is 3.47. The van der Waals surface area contributed by atoms with E-state index < -0.39 is 10.0 Å². The molecule has 0 saturated carbocycles. The second-order valence-corrected chi connectivity index (χ2v) is 8.74. The molecule has 0 spiro atoms. The zero-order chi connectivity index (χ0) is 19.3. The predicted molar refractivity (Wildman–Crippen MR) is 106 cm³/mol. The van der Waals surface area contributed by atoms with Crippen molar-refractivity contribution < 1.29 is 13.2 Å². The summed E-state index contributed by atoms with van der Waals surface area (Å²) in [7, 11) is -3.42. The van der Waals surface area contributed by atoms with E-state index in [1.165, 1.54) is 4.31 Å². The fourth-order valence-electron chi connectivity index (χ4n) is 2.50. The number of amides is 1. The minimum Gasteiger partial charge on any atom is -0.326 e. The summed E-state index contributed by atoms with van der Waals surface area (Å²) in [6.07, 6.45) is 1.21. The van der Waals surface area contributed by atoms with Crippen LogP contribution in [0.15, 0.2) is 42.5 Å². The molecule has 2 aromatic carbocycles. The average molecular weight is 395 g/mol. The zero-order valence-corrected chi connectivity index (χ0v) is 16.7. The van der Waals surface area contributed by atoms with Gasteiger partial charge in [-0.1, -0.05) is 47.5 Å². The van der Waals surface area contributed by atoms with Gasteiger partial charge < -0.3 is 5.32 Å². The van der Waals surface area contributed by atoms with Gasteiger partial charge in [0.25, 0.3) is 0 Å². The van der Waals surface area contributed by atoms with E-state index in [-0.39, 0.29) is 25.4 Å². The number of rotatable bonds is 7. The maximum absolute atomic E-state index is 12.2. The zero-order valence-electron chi connectivity index (χ0n) is 15.1. The third-order valence-electron chi connectivity index (χ3n) is 3.95. The molecule has 1 N–H and O–H groups in total. The molecular formula is C19H23ClN2O3S. The van der Waals surface area contributed by atoms with Crippen LogP contribution < -0.4 is 5.32 Å². The average Bonchev–Trinajstić information content (AvgIpc) is 2.54. The van der Waals surface area contributed by atoms with Gasteiger partial charge >= 0.3 is 0 Å². The Hall–Kier alpha value is -1.89. The summed E-state index contributed by atoms with van der Waals surface area (Å²) in [4.78, 5) is 12.2. The molecule has 0 aliphatic heterocycles. The first-order chi connectivity index (χ1) is 12.1. The van der Waals surface area contributed by atoms with Gasteiger partial charge in [-0.15, -0.1) is 0 Å². The van der Waals surface area contributed by atoms with Crippen molar-refractivity contribution in [3.63, 3.8) is 0 Å². The third kappa shape index (κ3) is 6.12. The smallest absolute Gasteiger partial charge is 0.225 e. The maximum Gasteiger partial charge on any atom is 0.225 e. The summed E-state index contributed by atoms with van der Waals surface area (Å²) >= 11 is 6.05. The quantitative estimate of drug-likeness (QED) is 0.777. The van der Waals surface area contributed by atoms with E-state index in [0.717, 1.165) is 22.9 Å². The molecule has 0 unspecified atom stereocenters. The van der Waals surface area contributed by atoms with Crippen molar-refractivity contribution in [2.75, 3.05) is 18.1 Å². The minimum absolute atomic E-state index is 0.0599. The van der Waals surface area contributed by atoms with Crippen LogP contribution in [-0.2, 0) is 21.4 Å². The Balaban J connectivity index is 2.00. The molecule has 0 aromatic heterocycles. The van der Waals surface area contributed by atoms with Crippen LogP contribution in [0.3, 0.4) is 0 Å². The lowest BCUT2D eigenvalue weighted by Gasteiger charge is -2.20. The molecule has 26 heavy (non-hydrogen) atoms. The van der Waals surface area contributed by atoms with Gasteiger partial charge in [0.2, 0.25) is 15.9 Å². The van der Waals surface area contributed by atoms with Crippen molar-refractivity contribution in [1.82, 2.24) is 4.31 Å². The van der Waals surface area contributed by atoms with E-state index in [2.05, 4.69) is 5.32 Å². The van der Waals surface area contributed by atoms with Crippen molar-refractivity contribution in [2.45, 2.75) is 26.8 Å². The number of hydrogen-bond acceptors (Lipinski definition) is 3. The van der Waals surface area contributed by atoms with Gasteiger partial charge in [-0.25, -0.2) is 8.42 Å². The first kappa shape index (κ1) is 20.4. The van der Waals surface area contributed by atoms with Gasteiger partial charge in [0.05, 0.1) is 6.26 Å². The van der Waals surface area contributed by atoms with E-state index in [1.807, 2.05) is 44.2 Å². The minimum atomic E-state index is -3.42. The van der Waals surface area contributed by atoms with E-state index in [1.54, 1.807) is 12.1 Å². The van der Waals surface area contributed by atoms with Crippen LogP contribution in [0.1, 0.15) is 23.1 Å². The van der Waals surface area contributed by atoms with Gasteiger partial charge in [0.1, 0.15) is 0 Å². The molecular weight excluding hydrogens is 372 g/mol. The van der Waals surface area contributed by atoms with Crippen LogP contribution in [0.2, 0.25) is 5.02 Å². The summed E-state index contributed by atoms with van der Waals surface area (Å²) in [5.74, 6) is -0.261. The van der Waals surface area contributed by atoms with E-state index in [9.17, 15) is 13.2 Å². The Morgan fingerprint density at radius 3 is 2.50 bits per heavy atom. The lowest BCUT2D eigenvalue weighted by Crippen LogP contribution is -2.32. The second-order valence-electron chi connectivity index (χ2n) is 6.35. The number of benzene rings is 2. The lowest BCUT2D eigenvalue weighted by atomic mass is 10.1. The number of halogens is 1. The molecule has 0 saturated heterocycles. The highest BCUT2D eigenvalue weighted by Gasteiger charge is 2.18. The number of carbonyl (C=O) groups is 1. The SMILES string of the molecule is Cc1cccc(CN(CCC(=O)Nc2ccc(C)c(Cl)c2)S(C)(=O)=O)c1. The second kappa shape index (κ2) is 8.66. The van der Waals surface area contributed by atoms with E-state index >= 15 is 0 Å². The van der Waals surface area contributed by atoms with E-state index in [0.29, 0.717) is 10.7 Å². The first-order valence-corrected chi connectivity index (χ1v) is 10.4. The highest BCUT2D eigenvalue weighted by molar-refractivity contribution is 7.88. The van der Waals surface area contributed by atoms with Crippen LogP contribution in [-0.4, -0.2) is 31.4 Å². The molecule has 0 heterocycles. The van der Waals surface area contributed by atoms with Crippen molar-refractivity contribution in [1.29, 1.82) is 0 Å². The first-order valence-electron chi connectivity index (χ1n) is 8.22. The molecule has 0 bridgehead atoms. The number of aryl methyl sites for hydroxylation is 2. The van der Waals surface area contributed by atoms with Crippen molar-refractivity contribution >= 4 is 33.2 Å². The molecule has 0 atom stereocenters. The molecule has 0 aliphatic rings. The normalized spacial score (nSPS) is 11.6. The summed E-state index contributed by atoms with van der Waals surface area (Å²) in [6, 6.07) is 12.9. The van der Waals surface area contributed by atoms with Gasteiger partial charge in [-0.3, -0.25) is 4.79 Å². The number of sulfonamides is 1. The molecule has 0 fully saturated rings. The maximum atomic E-state index is 12.2. The summed E-state index contributed by atoms with van der Waals surface area (Å²) in [5, 5.41) is 3.31. The summed E-state index contributed by atoms with van der Waals surface area (Å²) < 4.78 is 25.4. The van der Waals surface area contributed by atoms with Crippen LogP contribution in [0.5, 0.6) is 0 Å². The van der Waals surface area contributed by atoms with E-state index in [4.69, 9.17) is 11.6 Å². The Morgan fingerprint density at radius 2 is 1.88 bits per heavy atom. The van der Waals surface area contributed by atoms with Gasteiger partial charge in [0, 0.05) is 30.2 Å². The topological polar surface area (TPSA) is 66.5 Å². The molecule has 7 heteroatoms. The Labute approximate surface area is 160 Å². The Bertz CT molecular complexity index is 897. The predicted octanol–water partition coefficient (Wildman–Crippen LogP) is 3.75. The molecule has 1 amide bonds. The number of anilines is 1. The lowest BCUT2D eigenvalue weighted by molar-refractivity contribution is -0.116. The van der Waals surface area contributed by atoms with Crippen molar-refractivity contribution in [3.05, 3.63) is 64.2 Å². The van der Waals surface area contributed by atoms with Crippen LogP contribution in [0, 0.1) is 13.8 Å². The van der Waals surface area contributed by atoms with Gasteiger partial charge in [-0.05, 0) is 37.1 Å². The number of carbonyl (C=O) groups excluding carboxylic acids is 1. The Morgan fingerprint density at radius 1 is 1.15 bits per heavy atom. The van der Waals surface area contributed by atoms with Crippen molar-refractivity contribution in [3.8, 4) is 0 Å². The summed E-state index contributed by atoms with van der Waals surface area (Å²) in [6.45, 7) is 4.18.